The standard InChI is InChI=1S/C9H10ClN3/c1-11-5-7-3-8-9(13-7)2-6(10)4-12-8/h2-4,11,13H,5H2,1H3. The molecule has 0 aliphatic heterocycles. The maximum Gasteiger partial charge on any atom is 0.0883 e. The molecule has 0 aliphatic carbocycles. The molecule has 0 amide bonds. The number of rotatable bonds is 2. The van der Waals surface area contributed by atoms with Crippen molar-refractivity contribution in [2.24, 2.45) is 0 Å². The van der Waals surface area contributed by atoms with Crippen LogP contribution < -0.4 is 5.32 Å². The molecule has 68 valence electrons. The van der Waals surface area contributed by atoms with Gasteiger partial charge in [0.05, 0.1) is 16.1 Å². The van der Waals surface area contributed by atoms with E-state index < -0.39 is 0 Å². The van der Waals surface area contributed by atoms with Crippen LogP contribution in [0.3, 0.4) is 0 Å². The summed E-state index contributed by atoms with van der Waals surface area (Å²) in [4.78, 5) is 7.42. The van der Waals surface area contributed by atoms with E-state index in [0.29, 0.717) is 5.02 Å². The summed E-state index contributed by atoms with van der Waals surface area (Å²) < 4.78 is 0. The molecule has 2 aromatic rings. The van der Waals surface area contributed by atoms with Crippen LogP contribution in [0.5, 0.6) is 0 Å². The Labute approximate surface area is 81.1 Å². The molecule has 2 N–H and O–H groups in total. The number of nitrogens with one attached hydrogen (secondary N) is 2. The topological polar surface area (TPSA) is 40.7 Å². The molecule has 0 saturated heterocycles. The van der Waals surface area contributed by atoms with Gasteiger partial charge >= 0.3 is 0 Å². The Balaban J connectivity index is 2.49. The van der Waals surface area contributed by atoms with Gasteiger partial charge in [-0.15, -0.1) is 0 Å². The molecule has 0 bridgehead atoms. The predicted octanol–water partition coefficient (Wildman–Crippen LogP) is 1.94. The van der Waals surface area contributed by atoms with Crippen LogP contribution >= 0.6 is 11.6 Å². The van der Waals surface area contributed by atoms with Gasteiger partial charge in [0.15, 0.2) is 0 Å². The Morgan fingerprint density at radius 3 is 3.15 bits per heavy atom. The first-order chi connectivity index (χ1) is 6.29. The lowest BCUT2D eigenvalue weighted by Crippen LogP contribution is -2.04. The van der Waals surface area contributed by atoms with Crippen molar-refractivity contribution in [1.82, 2.24) is 15.3 Å². The minimum absolute atomic E-state index is 0.658. The number of pyridine rings is 1. The van der Waals surface area contributed by atoms with Gasteiger partial charge in [0.1, 0.15) is 0 Å². The number of nitrogens with zero attached hydrogens (tertiary/aromatic N) is 1. The van der Waals surface area contributed by atoms with E-state index in [2.05, 4.69) is 15.3 Å². The van der Waals surface area contributed by atoms with Crippen molar-refractivity contribution in [2.45, 2.75) is 6.54 Å². The van der Waals surface area contributed by atoms with Crippen LogP contribution in [0, 0.1) is 0 Å². The Kier molecular flexibility index (Phi) is 2.20. The quantitative estimate of drug-likeness (QED) is 0.769. The van der Waals surface area contributed by atoms with Crippen LogP contribution in [0.2, 0.25) is 5.02 Å². The summed E-state index contributed by atoms with van der Waals surface area (Å²) >= 11 is 5.81. The van der Waals surface area contributed by atoms with E-state index >= 15 is 0 Å². The highest BCUT2D eigenvalue weighted by molar-refractivity contribution is 6.31. The minimum atomic E-state index is 0.658. The molecule has 0 atom stereocenters. The second-order valence-corrected chi connectivity index (χ2v) is 3.35. The highest BCUT2D eigenvalue weighted by Gasteiger charge is 2.00. The summed E-state index contributed by atoms with van der Waals surface area (Å²) in [5.41, 5.74) is 3.06. The zero-order chi connectivity index (χ0) is 9.26. The summed E-state index contributed by atoms with van der Waals surface area (Å²) in [6, 6.07) is 3.89. The maximum absolute atomic E-state index is 5.81. The van der Waals surface area contributed by atoms with Gasteiger partial charge in [0.2, 0.25) is 0 Å². The van der Waals surface area contributed by atoms with E-state index in [4.69, 9.17) is 11.6 Å². The summed E-state index contributed by atoms with van der Waals surface area (Å²) in [6.45, 7) is 0.813. The first-order valence-electron chi connectivity index (χ1n) is 4.07. The van der Waals surface area contributed by atoms with Gasteiger partial charge in [-0.3, -0.25) is 4.98 Å². The molecule has 3 nitrogen and oxygen atoms in total. The highest BCUT2D eigenvalue weighted by Crippen LogP contribution is 2.16. The van der Waals surface area contributed by atoms with Crippen molar-refractivity contribution >= 4 is 22.6 Å². The SMILES string of the molecule is CNCc1cc2ncc(Cl)cc2[nH]1. The molecule has 0 aliphatic rings. The van der Waals surface area contributed by atoms with Crippen LogP contribution in [0.15, 0.2) is 18.3 Å². The number of aromatic amines is 1. The zero-order valence-corrected chi connectivity index (χ0v) is 8.02. The summed E-state index contributed by atoms with van der Waals surface area (Å²) in [6.07, 6.45) is 1.65. The number of fused-ring (bicyclic) bond motifs is 1. The summed E-state index contributed by atoms with van der Waals surface area (Å²) in [7, 11) is 1.91. The van der Waals surface area contributed by atoms with E-state index in [1.807, 2.05) is 19.2 Å². The van der Waals surface area contributed by atoms with Crippen LogP contribution in [-0.2, 0) is 6.54 Å². The molecule has 2 rings (SSSR count). The number of hydrogen-bond donors (Lipinski definition) is 2. The molecule has 0 aromatic carbocycles. The molecular formula is C9H10ClN3. The third-order valence-electron chi connectivity index (χ3n) is 1.86. The van der Waals surface area contributed by atoms with Crippen molar-refractivity contribution < 1.29 is 0 Å². The first kappa shape index (κ1) is 8.53. The number of halogens is 1. The van der Waals surface area contributed by atoms with E-state index in [-0.39, 0.29) is 0 Å². The van der Waals surface area contributed by atoms with Gasteiger partial charge in [0, 0.05) is 18.4 Å². The molecule has 2 aromatic heterocycles. The molecule has 2 heterocycles. The van der Waals surface area contributed by atoms with Crippen LogP contribution in [-0.4, -0.2) is 17.0 Å². The van der Waals surface area contributed by atoms with Crippen molar-refractivity contribution in [3.63, 3.8) is 0 Å². The molecule has 4 heteroatoms. The highest BCUT2D eigenvalue weighted by atomic mass is 35.5. The molecule has 0 unspecified atom stereocenters. The normalized spacial score (nSPS) is 10.9. The monoisotopic (exact) mass is 195 g/mol. The van der Waals surface area contributed by atoms with Crippen molar-refractivity contribution in [3.05, 3.63) is 29.0 Å². The smallest absolute Gasteiger partial charge is 0.0883 e. The third kappa shape index (κ3) is 1.66. The fourth-order valence-corrected chi connectivity index (χ4v) is 1.48. The third-order valence-corrected chi connectivity index (χ3v) is 2.07. The zero-order valence-electron chi connectivity index (χ0n) is 7.26. The van der Waals surface area contributed by atoms with Crippen molar-refractivity contribution in [2.75, 3.05) is 7.05 Å². The van der Waals surface area contributed by atoms with Crippen LogP contribution in [0.1, 0.15) is 5.69 Å². The average molecular weight is 196 g/mol. The summed E-state index contributed by atoms with van der Waals surface area (Å²) in [5, 5.41) is 3.73. The van der Waals surface area contributed by atoms with Gasteiger partial charge in [-0.2, -0.15) is 0 Å². The fraction of sp³-hybridized carbons (Fsp3) is 0.222. The van der Waals surface area contributed by atoms with Crippen molar-refractivity contribution in [1.29, 1.82) is 0 Å². The average Bonchev–Trinajstić information content (AvgIpc) is 2.46. The second-order valence-electron chi connectivity index (χ2n) is 2.91. The number of hydrogen-bond acceptors (Lipinski definition) is 2. The number of aromatic nitrogens is 2. The minimum Gasteiger partial charge on any atom is -0.356 e. The van der Waals surface area contributed by atoms with E-state index in [0.717, 1.165) is 23.3 Å². The molecule has 0 spiro atoms. The summed E-state index contributed by atoms with van der Waals surface area (Å²) in [5.74, 6) is 0. The van der Waals surface area contributed by atoms with E-state index in [1.54, 1.807) is 6.20 Å². The van der Waals surface area contributed by atoms with Crippen LogP contribution in [0.4, 0.5) is 0 Å². The van der Waals surface area contributed by atoms with Gasteiger partial charge in [-0.1, -0.05) is 11.6 Å². The lowest BCUT2D eigenvalue weighted by Gasteiger charge is -1.91. The molecule has 0 radical (unpaired) electrons. The van der Waals surface area contributed by atoms with Gasteiger partial charge < -0.3 is 10.3 Å². The molecule has 13 heavy (non-hydrogen) atoms. The second kappa shape index (κ2) is 3.36. The number of H-pyrrole nitrogens is 1. The fourth-order valence-electron chi connectivity index (χ4n) is 1.32. The van der Waals surface area contributed by atoms with Crippen LogP contribution in [0.25, 0.3) is 11.0 Å². The Morgan fingerprint density at radius 1 is 1.54 bits per heavy atom. The lowest BCUT2D eigenvalue weighted by atomic mass is 10.4. The Bertz CT molecular complexity index is 422. The predicted molar refractivity (Wildman–Crippen MR) is 53.9 cm³/mol. The largest absolute Gasteiger partial charge is 0.356 e. The molecule has 0 fully saturated rings. The Morgan fingerprint density at radius 2 is 2.38 bits per heavy atom. The molecular weight excluding hydrogens is 186 g/mol. The van der Waals surface area contributed by atoms with E-state index in [1.165, 1.54) is 0 Å². The lowest BCUT2D eigenvalue weighted by molar-refractivity contribution is 0.799. The Hall–Kier alpha value is -1.06. The first-order valence-corrected chi connectivity index (χ1v) is 4.45. The van der Waals surface area contributed by atoms with E-state index in [9.17, 15) is 0 Å². The van der Waals surface area contributed by atoms with Gasteiger partial charge in [-0.05, 0) is 19.2 Å². The van der Waals surface area contributed by atoms with Crippen molar-refractivity contribution in [3.8, 4) is 0 Å². The maximum atomic E-state index is 5.81. The van der Waals surface area contributed by atoms with Gasteiger partial charge in [0.25, 0.3) is 0 Å². The van der Waals surface area contributed by atoms with Gasteiger partial charge in [-0.25, -0.2) is 0 Å². The molecule has 0 saturated carbocycles.